The molecule has 18 heavy (non-hydrogen) atoms. The minimum atomic E-state index is 0.126. The van der Waals surface area contributed by atoms with Gasteiger partial charge < -0.3 is 10.2 Å². The van der Waals surface area contributed by atoms with Crippen molar-refractivity contribution in [3.63, 3.8) is 0 Å². The van der Waals surface area contributed by atoms with Gasteiger partial charge in [-0.05, 0) is 18.5 Å². The van der Waals surface area contributed by atoms with E-state index < -0.39 is 0 Å². The van der Waals surface area contributed by atoms with Crippen molar-refractivity contribution in [1.29, 1.82) is 0 Å². The third-order valence-electron chi connectivity index (χ3n) is 3.09. The molecule has 1 N–H and O–H groups in total. The Labute approximate surface area is 107 Å². The summed E-state index contributed by atoms with van der Waals surface area (Å²) < 4.78 is 0. The van der Waals surface area contributed by atoms with Crippen molar-refractivity contribution in [2.24, 2.45) is 0 Å². The average molecular weight is 242 g/mol. The van der Waals surface area contributed by atoms with E-state index in [1.54, 1.807) is 4.90 Å². The van der Waals surface area contributed by atoms with Gasteiger partial charge in [0, 0.05) is 25.4 Å². The topological polar surface area (TPSA) is 32.3 Å². The molecule has 0 aliphatic heterocycles. The molecule has 0 aromatic heterocycles. The van der Waals surface area contributed by atoms with Gasteiger partial charge in [0.05, 0.1) is 5.69 Å². The minimum Gasteiger partial charge on any atom is -0.319 e. The van der Waals surface area contributed by atoms with Crippen molar-refractivity contribution in [2.45, 2.75) is 6.42 Å². The van der Waals surface area contributed by atoms with Crippen LogP contribution in [0.5, 0.6) is 0 Å². The van der Waals surface area contributed by atoms with Gasteiger partial charge in [-0.15, -0.1) is 0 Å². The van der Waals surface area contributed by atoms with Crippen molar-refractivity contribution in [3.8, 4) is 0 Å². The van der Waals surface area contributed by atoms with Gasteiger partial charge >= 0.3 is 0 Å². The van der Waals surface area contributed by atoms with Crippen LogP contribution in [0.25, 0.3) is 10.8 Å². The lowest BCUT2D eigenvalue weighted by Gasteiger charge is -2.19. The van der Waals surface area contributed by atoms with Crippen LogP contribution in [0.1, 0.15) is 6.42 Å². The molecule has 0 unspecified atom stereocenters. The molecule has 94 valence electrons. The number of nitrogens with zero attached hydrogens (tertiary/aromatic N) is 1. The molecule has 0 saturated carbocycles. The van der Waals surface area contributed by atoms with E-state index in [2.05, 4.69) is 17.4 Å². The van der Waals surface area contributed by atoms with E-state index in [1.165, 1.54) is 0 Å². The van der Waals surface area contributed by atoms with E-state index >= 15 is 0 Å². The smallest absolute Gasteiger partial charge is 0.228 e. The second-order valence-corrected chi connectivity index (χ2v) is 4.30. The second-order valence-electron chi connectivity index (χ2n) is 4.30. The number of amides is 1. The second kappa shape index (κ2) is 5.65. The van der Waals surface area contributed by atoms with Crippen LogP contribution in [0, 0.1) is 0 Å². The average Bonchev–Trinajstić information content (AvgIpc) is 2.43. The third-order valence-corrected chi connectivity index (χ3v) is 3.09. The fourth-order valence-corrected chi connectivity index (χ4v) is 2.03. The predicted octanol–water partition coefficient (Wildman–Crippen LogP) is 2.41. The largest absolute Gasteiger partial charge is 0.319 e. The van der Waals surface area contributed by atoms with E-state index in [-0.39, 0.29) is 5.91 Å². The lowest BCUT2D eigenvalue weighted by Crippen LogP contribution is -2.29. The van der Waals surface area contributed by atoms with Crippen LogP contribution in [-0.2, 0) is 4.79 Å². The Morgan fingerprint density at radius 1 is 1.17 bits per heavy atom. The van der Waals surface area contributed by atoms with E-state index in [1.807, 2.05) is 44.4 Å². The summed E-state index contributed by atoms with van der Waals surface area (Å²) >= 11 is 0. The van der Waals surface area contributed by atoms with Crippen LogP contribution in [0.2, 0.25) is 0 Å². The zero-order valence-corrected chi connectivity index (χ0v) is 10.8. The lowest BCUT2D eigenvalue weighted by molar-refractivity contribution is -0.118. The molecule has 0 aliphatic carbocycles. The molecule has 0 fully saturated rings. The number of fused-ring (bicyclic) bond motifs is 1. The van der Waals surface area contributed by atoms with Gasteiger partial charge in [-0.1, -0.05) is 36.4 Å². The van der Waals surface area contributed by atoms with Crippen LogP contribution in [0.4, 0.5) is 5.69 Å². The van der Waals surface area contributed by atoms with Crippen molar-refractivity contribution >= 4 is 22.4 Å². The molecule has 0 bridgehead atoms. The standard InChI is InChI=1S/C15H18N2O/c1-16-11-10-15(18)17(2)14-9-5-7-12-6-3-4-8-13(12)14/h3-9,16H,10-11H2,1-2H3. The normalized spacial score (nSPS) is 10.6. The molecule has 0 aliphatic rings. The fourth-order valence-electron chi connectivity index (χ4n) is 2.03. The Bertz CT molecular complexity index is 546. The van der Waals surface area contributed by atoms with Gasteiger partial charge in [0.1, 0.15) is 0 Å². The molecule has 0 heterocycles. The summed E-state index contributed by atoms with van der Waals surface area (Å²) in [6.07, 6.45) is 0.510. The first-order valence-corrected chi connectivity index (χ1v) is 6.13. The molecule has 0 spiro atoms. The maximum atomic E-state index is 12.0. The van der Waals surface area contributed by atoms with E-state index in [0.29, 0.717) is 13.0 Å². The Hall–Kier alpha value is -1.87. The van der Waals surface area contributed by atoms with Crippen LogP contribution in [0.15, 0.2) is 42.5 Å². The molecule has 0 saturated heterocycles. The SMILES string of the molecule is CNCCC(=O)N(C)c1cccc2ccccc12. The summed E-state index contributed by atoms with van der Waals surface area (Å²) in [6.45, 7) is 0.702. The van der Waals surface area contributed by atoms with Gasteiger partial charge in [-0.25, -0.2) is 0 Å². The number of hydrogen-bond donors (Lipinski definition) is 1. The molecule has 3 heteroatoms. The number of carbonyl (C=O) groups excluding carboxylic acids is 1. The third kappa shape index (κ3) is 2.51. The minimum absolute atomic E-state index is 0.126. The summed E-state index contributed by atoms with van der Waals surface area (Å²) in [5.74, 6) is 0.126. The van der Waals surface area contributed by atoms with Crippen molar-refractivity contribution in [1.82, 2.24) is 5.32 Å². The monoisotopic (exact) mass is 242 g/mol. The van der Waals surface area contributed by atoms with Gasteiger partial charge in [-0.3, -0.25) is 4.79 Å². The first-order valence-electron chi connectivity index (χ1n) is 6.13. The van der Waals surface area contributed by atoms with Gasteiger partial charge in [0.15, 0.2) is 0 Å². The maximum Gasteiger partial charge on any atom is 0.228 e. The zero-order valence-electron chi connectivity index (χ0n) is 10.8. The molecule has 2 aromatic carbocycles. The summed E-state index contributed by atoms with van der Waals surface area (Å²) in [6, 6.07) is 14.1. The summed E-state index contributed by atoms with van der Waals surface area (Å²) in [4.78, 5) is 13.8. The first kappa shape index (κ1) is 12.6. The van der Waals surface area contributed by atoms with Gasteiger partial charge in [0.25, 0.3) is 0 Å². The predicted molar refractivity (Wildman–Crippen MR) is 75.9 cm³/mol. The summed E-state index contributed by atoms with van der Waals surface area (Å²) in [5, 5.41) is 5.26. The van der Waals surface area contributed by atoms with Gasteiger partial charge in [0.2, 0.25) is 5.91 Å². The van der Waals surface area contributed by atoms with Crippen molar-refractivity contribution in [3.05, 3.63) is 42.5 Å². The number of nitrogens with one attached hydrogen (secondary N) is 1. The molecular formula is C15H18N2O. The Morgan fingerprint density at radius 2 is 1.89 bits per heavy atom. The van der Waals surface area contributed by atoms with E-state index in [9.17, 15) is 4.79 Å². The first-order chi connectivity index (χ1) is 8.74. The molecule has 1 amide bonds. The molecule has 3 nitrogen and oxygen atoms in total. The molecule has 0 radical (unpaired) electrons. The van der Waals surface area contributed by atoms with Crippen LogP contribution in [-0.4, -0.2) is 26.5 Å². The van der Waals surface area contributed by atoms with Crippen molar-refractivity contribution < 1.29 is 4.79 Å². The number of rotatable bonds is 4. The zero-order chi connectivity index (χ0) is 13.0. The van der Waals surface area contributed by atoms with Gasteiger partial charge in [-0.2, -0.15) is 0 Å². The molecule has 2 rings (SSSR count). The highest BCUT2D eigenvalue weighted by Gasteiger charge is 2.12. The van der Waals surface area contributed by atoms with Crippen LogP contribution in [0.3, 0.4) is 0 Å². The quantitative estimate of drug-likeness (QED) is 0.893. The van der Waals surface area contributed by atoms with E-state index in [0.717, 1.165) is 16.5 Å². The van der Waals surface area contributed by atoms with Crippen LogP contribution < -0.4 is 10.2 Å². The molecule has 2 aromatic rings. The molecular weight excluding hydrogens is 224 g/mol. The number of benzene rings is 2. The number of carbonyl (C=O) groups is 1. The highest BCUT2D eigenvalue weighted by atomic mass is 16.2. The lowest BCUT2D eigenvalue weighted by atomic mass is 10.1. The Morgan fingerprint density at radius 3 is 2.67 bits per heavy atom. The maximum absolute atomic E-state index is 12.0. The highest BCUT2D eigenvalue weighted by Crippen LogP contribution is 2.26. The fraction of sp³-hybridized carbons (Fsp3) is 0.267. The summed E-state index contributed by atoms with van der Waals surface area (Å²) in [5.41, 5.74) is 0.967. The van der Waals surface area contributed by atoms with Crippen LogP contribution >= 0.6 is 0 Å². The Balaban J connectivity index is 2.32. The van der Waals surface area contributed by atoms with Crippen molar-refractivity contribution in [2.75, 3.05) is 25.5 Å². The number of anilines is 1. The molecule has 0 atom stereocenters. The summed E-state index contributed by atoms with van der Waals surface area (Å²) in [7, 11) is 3.69. The van der Waals surface area contributed by atoms with E-state index in [4.69, 9.17) is 0 Å². The Kier molecular flexibility index (Phi) is 3.95. The highest BCUT2D eigenvalue weighted by molar-refractivity contribution is 6.03. The number of hydrogen-bond acceptors (Lipinski definition) is 2.